The summed E-state index contributed by atoms with van der Waals surface area (Å²) in [6.45, 7) is 7.00. The van der Waals surface area contributed by atoms with Gasteiger partial charge in [0.15, 0.2) is 0 Å². The van der Waals surface area contributed by atoms with Crippen molar-refractivity contribution >= 4 is 5.91 Å². The van der Waals surface area contributed by atoms with E-state index in [-0.39, 0.29) is 11.9 Å². The normalized spacial score (nSPS) is 15.6. The summed E-state index contributed by atoms with van der Waals surface area (Å²) in [4.78, 5) is 10.6. The number of hydrogen-bond donors (Lipinski definition) is 2. The second kappa shape index (κ2) is 6.00. The Morgan fingerprint density at radius 1 is 1.50 bits per heavy atom. The highest BCUT2D eigenvalue weighted by molar-refractivity contribution is 5.79. The molecule has 0 aliphatic rings. The van der Waals surface area contributed by atoms with Crippen LogP contribution in [0.3, 0.4) is 0 Å². The van der Waals surface area contributed by atoms with Crippen LogP contribution >= 0.6 is 0 Å². The number of carbonyl (C=O) groups excluding carboxylic acids is 1. The van der Waals surface area contributed by atoms with Gasteiger partial charge in [-0.2, -0.15) is 0 Å². The Hall–Kier alpha value is -0.570. The zero-order chi connectivity index (χ0) is 9.56. The third kappa shape index (κ3) is 5.13. The van der Waals surface area contributed by atoms with E-state index in [1.807, 2.05) is 0 Å². The standard InChI is InChI=1S/C9H20N2O/c1-4-5-7(2)6-11-8(3)9(10)12/h7-8,11H,4-6H2,1-3H3,(H2,10,12). The van der Waals surface area contributed by atoms with Crippen LogP contribution in [0.2, 0.25) is 0 Å². The number of nitrogens with two attached hydrogens (primary N) is 1. The van der Waals surface area contributed by atoms with Crippen molar-refractivity contribution in [3.05, 3.63) is 0 Å². The van der Waals surface area contributed by atoms with E-state index in [0.29, 0.717) is 5.92 Å². The second-order valence-corrected chi connectivity index (χ2v) is 3.43. The van der Waals surface area contributed by atoms with Crippen LogP contribution in [0.15, 0.2) is 0 Å². The van der Waals surface area contributed by atoms with E-state index < -0.39 is 0 Å². The fourth-order valence-electron chi connectivity index (χ4n) is 1.07. The number of amides is 1. The molecule has 3 nitrogen and oxygen atoms in total. The lowest BCUT2D eigenvalue weighted by atomic mass is 10.1. The van der Waals surface area contributed by atoms with Gasteiger partial charge in [-0.3, -0.25) is 4.79 Å². The van der Waals surface area contributed by atoms with Crippen LogP contribution in [0, 0.1) is 5.92 Å². The van der Waals surface area contributed by atoms with Crippen LogP contribution in [0.1, 0.15) is 33.6 Å². The summed E-state index contributed by atoms with van der Waals surface area (Å²) in [5.41, 5.74) is 5.09. The lowest BCUT2D eigenvalue weighted by molar-refractivity contribution is -0.119. The average Bonchev–Trinajstić information content (AvgIpc) is 2.00. The highest BCUT2D eigenvalue weighted by atomic mass is 16.1. The molecule has 0 rings (SSSR count). The van der Waals surface area contributed by atoms with Gasteiger partial charge in [-0.25, -0.2) is 0 Å². The van der Waals surface area contributed by atoms with Crippen LogP contribution in [0.5, 0.6) is 0 Å². The minimum Gasteiger partial charge on any atom is -0.368 e. The highest BCUT2D eigenvalue weighted by Crippen LogP contribution is 2.02. The van der Waals surface area contributed by atoms with Gasteiger partial charge in [-0.1, -0.05) is 20.3 Å². The number of hydrogen-bond acceptors (Lipinski definition) is 2. The number of primary amides is 1. The fourth-order valence-corrected chi connectivity index (χ4v) is 1.07. The third-order valence-corrected chi connectivity index (χ3v) is 1.98. The number of nitrogens with one attached hydrogen (secondary N) is 1. The average molecular weight is 172 g/mol. The lowest BCUT2D eigenvalue weighted by Crippen LogP contribution is -2.40. The first-order valence-corrected chi connectivity index (χ1v) is 4.60. The zero-order valence-corrected chi connectivity index (χ0v) is 8.26. The van der Waals surface area contributed by atoms with E-state index in [2.05, 4.69) is 19.2 Å². The molecule has 3 heteroatoms. The maximum Gasteiger partial charge on any atom is 0.234 e. The molecule has 12 heavy (non-hydrogen) atoms. The van der Waals surface area contributed by atoms with Crippen molar-refractivity contribution in [2.45, 2.75) is 39.7 Å². The maximum absolute atomic E-state index is 10.6. The summed E-state index contributed by atoms with van der Waals surface area (Å²) < 4.78 is 0. The summed E-state index contributed by atoms with van der Waals surface area (Å²) in [6.07, 6.45) is 2.38. The molecule has 1 amide bonds. The Balaban J connectivity index is 3.46. The van der Waals surface area contributed by atoms with Gasteiger partial charge in [-0.05, 0) is 25.8 Å². The Morgan fingerprint density at radius 2 is 2.08 bits per heavy atom. The molecule has 3 N–H and O–H groups in total. The van der Waals surface area contributed by atoms with Crippen LogP contribution in [0.4, 0.5) is 0 Å². The van der Waals surface area contributed by atoms with Crippen LogP contribution in [-0.4, -0.2) is 18.5 Å². The van der Waals surface area contributed by atoms with Crippen molar-refractivity contribution in [2.24, 2.45) is 11.7 Å². The molecule has 72 valence electrons. The van der Waals surface area contributed by atoms with Gasteiger partial charge >= 0.3 is 0 Å². The minimum atomic E-state index is -0.279. The van der Waals surface area contributed by atoms with Gasteiger partial charge in [0.25, 0.3) is 0 Å². The molecule has 0 aliphatic heterocycles. The van der Waals surface area contributed by atoms with Crippen molar-refractivity contribution < 1.29 is 4.79 Å². The second-order valence-electron chi connectivity index (χ2n) is 3.43. The largest absolute Gasteiger partial charge is 0.368 e. The Labute approximate surface area is 74.7 Å². The van der Waals surface area contributed by atoms with Crippen molar-refractivity contribution in [1.82, 2.24) is 5.32 Å². The summed E-state index contributed by atoms with van der Waals surface area (Å²) in [7, 11) is 0. The Kier molecular flexibility index (Phi) is 5.72. The molecular weight excluding hydrogens is 152 g/mol. The molecule has 0 saturated heterocycles. The molecule has 2 unspecified atom stereocenters. The van der Waals surface area contributed by atoms with E-state index in [1.165, 1.54) is 12.8 Å². The summed E-state index contributed by atoms with van der Waals surface area (Å²) in [5, 5.41) is 3.09. The molecule has 0 heterocycles. The third-order valence-electron chi connectivity index (χ3n) is 1.98. The highest BCUT2D eigenvalue weighted by Gasteiger charge is 2.08. The molecular formula is C9H20N2O. The Bertz CT molecular complexity index is 136. The quantitative estimate of drug-likeness (QED) is 0.625. The monoisotopic (exact) mass is 172 g/mol. The molecule has 0 bridgehead atoms. The summed E-state index contributed by atoms with van der Waals surface area (Å²) in [6, 6.07) is -0.204. The van der Waals surface area contributed by atoms with Crippen molar-refractivity contribution in [3.63, 3.8) is 0 Å². The smallest absolute Gasteiger partial charge is 0.234 e. The minimum absolute atomic E-state index is 0.204. The van der Waals surface area contributed by atoms with E-state index in [4.69, 9.17) is 5.73 Å². The van der Waals surface area contributed by atoms with Crippen molar-refractivity contribution in [1.29, 1.82) is 0 Å². The van der Waals surface area contributed by atoms with Crippen LogP contribution in [0.25, 0.3) is 0 Å². The van der Waals surface area contributed by atoms with E-state index in [9.17, 15) is 4.79 Å². The van der Waals surface area contributed by atoms with E-state index in [1.54, 1.807) is 6.92 Å². The molecule has 0 aliphatic carbocycles. The molecule has 0 spiro atoms. The molecule has 0 aromatic carbocycles. The maximum atomic E-state index is 10.6. The van der Waals surface area contributed by atoms with E-state index in [0.717, 1.165) is 6.54 Å². The first kappa shape index (κ1) is 11.4. The van der Waals surface area contributed by atoms with Crippen LogP contribution in [-0.2, 0) is 4.79 Å². The molecule has 0 saturated carbocycles. The van der Waals surface area contributed by atoms with Gasteiger partial charge in [0.2, 0.25) is 5.91 Å². The number of rotatable bonds is 6. The first-order chi connectivity index (χ1) is 5.57. The molecule has 0 aromatic rings. The first-order valence-electron chi connectivity index (χ1n) is 4.60. The lowest BCUT2D eigenvalue weighted by Gasteiger charge is -2.14. The molecule has 0 fully saturated rings. The summed E-state index contributed by atoms with van der Waals surface area (Å²) >= 11 is 0. The topological polar surface area (TPSA) is 55.1 Å². The van der Waals surface area contributed by atoms with E-state index >= 15 is 0 Å². The SMILES string of the molecule is CCCC(C)CNC(C)C(N)=O. The predicted molar refractivity (Wildman–Crippen MR) is 50.7 cm³/mol. The molecule has 0 aromatic heterocycles. The van der Waals surface area contributed by atoms with Gasteiger partial charge in [0.05, 0.1) is 6.04 Å². The molecule has 2 atom stereocenters. The predicted octanol–water partition coefficient (Wildman–Crippen LogP) is 0.886. The Morgan fingerprint density at radius 3 is 2.50 bits per heavy atom. The molecule has 0 radical (unpaired) electrons. The van der Waals surface area contributed by atoms with Crippen molar-refractivity contribution in [2.75, 3.05) is 6.54 Å². The van der Waals surface area contributed by atoms with Gasteiger partial charge < -0.3 is 11.1 Å². The number of carbonyl (C=O) groups is 1. The van der Waals surface area contributed by atoms with Gasteiger partial charge in [0, 0.05) is 0 Å². The van der Waals surface area contributed by atoms with Crippen LogP contribution < -0.4 is 11.1 Å². The van der Waals surface area contributed by atoms with Gasteiger partial charge in [-0.15, -0.1) is 0 Å². The zero-order valence-electron chi connectivity index (χ0n) is 8.26. The van der Waals surface area contributed by atoms with Crippen molar-refractivity contribution in [3.8, 4) is 0 Å². The summed E-state index contributed by atoms with van der Waals surface area (Å²) in [5.74, 6) is 0.343. The van der Waals surface area contributed by atoms with Gasteiger partial charge in [0.1, 0.15) is 0 Å². The fraction of sp³-hybridized carbons (Fsp3) is 0.889.